The molecule has 0 radical (unpaired) electrons. The Morgan fingerprint density at radius 3 is 2.79 bits per heavy atom. The third-order valence-corrected chi connectivity index (χ3v) is 4.94. The van der Waals surface area contributed by atoms with E-state index in [1.165, 1.54) is 19.3 Å². The summed E-state index contributed by atoms with van der Waals surface area (Å²) in [6, 6.07) is 0. The third kappa shape index (κ3) is 1.10. The van der Waals surface area contributed by atoms with Gasteiger partial charge in [0.15, 0.2) is 0 Å². The Morgan fingerprint density at radius 1 is 1.07 bits per heavy atom. The Labute approximate surface area is 85.3 Å². The van der Waals surface area contributed by atoms with Gasteiger partial charge < -0.3 is 10.2 Å². The quantitative estimate of drug-likeness (QED) is 0.619. The number of hydrogen-bond acceptors (Lipinski definition) is 2. The molecule has 2 heteroatoms. The molecular formula is C12H20O2. The van der Waals surface area contributed by atoms with E-state index >= 15 is 0 Å². The fourth-order valence-corrected chi connectivity index (χ4v) is 4.49. The summed E-state index contributed by atoms with van der Waals surface area (Å²) < 4.78 is 0. The lowest BCUT2D eigenvalue weighted by molar-refractivity contribution is -0.0837. The summed E-state index contributed by atoms with van der Waals surface area (Å²) in [4.78, 5) is 0. The lowest BCUT2D eigenvalue weighted by Gasteiger charge is -2.38. The zero-order valence-corrected chi connectivity index (χ0v) is 8.65. The summed E-state index contributed by atoms with van der Waals surface area (Å²) in [6.07, 6.45) is 7.46. The van der Waals surface area contributed by atoms with Gasteiger partial charge in [0.1, 0.15) is 0 Å². The van der Waals surface area contributed by atoms with Crippen molar-refractivity contribution in [1.29, 1.82) is 0 Å². The van der Waals surface area contributed by atoms with Gasteiger partial charge >= 0.3 is 0 Å². The smallest absolute Gasteiger partial charge is 0.0706 e. The zero-order valence-electron chi connectivity index (χ0n) is 8.65. The Balaban J connectivity index is 1.94. The second-order valence-electron chi connectivity index (χ2n) is 5.65. The minimum atomic E-state index is -0.493. The van der Waals surface area contributed by atoms with E-state index < -0.39 is 5.60 Å². The molecule has 2 bridgehead atoms. The van der Waals surface area contributed by atoms with Gasteiger partial charge in [0, 0.05) is 5.92 Å². The van der Waals surface area contributed by atoms with Gasteiger partial charge in [-0.2, -0.15) is 0 Å². The van der Waals surface area contributed by atoms with Crippen molar-refractivity contribution in [1.82, 2.24) is 0 Å². The molecule has 3 rings (SSSR count). The predicted octanol–water partition coefficient (Wildman–Crippen LogP) is 1.70. The van der Waals surface area contributed by atoms with Gasteiger partial charge in [-0.15, -0.1) is 0 Å². The Bertz CT molecular complexity index is 240. The van der Waals surface area contributed by atoms with E-state index in [2.05, 4.69) is 0 Å². The van der Waals surface area contributed by atoms with Gasteiger partial charge in [-0.1, -0.05) is 12.8 Å². The van der Waals surface area contributed by atoms with Crippen LogP contribution in [0, 0.1) is 17.8 Å². The predicted molar refractivity (Wildman–Crippen MR) is 53.7 cm³/mol. The molecule has 0 aromatic rings. The molecule has 80 valence electrons. The summed E-state index contributed by atoms with van der Waals surface area (Å²) >= 11 is 0. The van der Waals surface area contributed by atoms with Crippen LogP contribution in [0.15, 0.2) is 0 Å². The second kappa shape index (κ2) is 2.96. The van der Waals surface area contributed by atoms with Crippen LogP contribution in [0.4, 0.5) is 0 Å². The molecule has 2 nitrogen and oxygen atoms in total. The molecule has 3 saturated carbocycles. The van der Waals surface area contributed by atoms with Gasteiger partial charge in [0.05, 0.1) is 11.7 Å². The lowest BCUT2D eigenvalue weighted by Crippen LogP contribution is -2.44. The molecule has 3 aliphatic rings. The monoisotopic (exact) mass is 196 g/mol. The molecule has 5 atom stereocenters. The highest BCUT2D eigenvalue weighted by Gasteiger charge is 2.57. The van der Waals surface area contributed by atoms with Crippen molar-refractivity contribution in [2.75, 3.05) is 0 Å². The maximum Gasteiger partial charge on any atom is 0.0706 e. The van der Waals surface area contributed by atoms with Gasteiger partial charge in [0.25, 0.3) is 0 Å². The minimum Gasteiger partial charge on any atom is -0.393 e. The number of fused-ring (bicyclic) bond motifs is 5. The van der Waals surface area contributed by atoms with Crippen LogP contribution in [-0.2, 0) is 0 Å². The van der Waals surface area contributed by atoms with Gasteiger partial charge in [0.2, 0.25) is 0 Å². The van der Waals surface area contributed by atoms with Crippen molar-refractivity contribution >= 4 is 0 Å². The minimum absolute atomic E-state index is 0.212. The van der Waals surface area contributed by atoms with Crippen LogP contribution in [0.2, 0.25) is 0 Å². The molecule has 0 amide bonds. The van der Waals surface area contributed by atoms with Gasteiger partial charge in [-0.25, -0.2) is 0 Å². The summed E-state index contributed by atoms with van der Waals surface area (Å²) in [7, 11) is 0. The van der Waals surface area contributed by atoms with Crippen molar-refractivity contribution in [3.63, 3.8) is 0 Å². The largest absolute Gasteiger partial charge is 0.393 e. The van der Waals surface area contributed by atoms with E-state index in [-0.39, 0.29) is 12.0 Å². The highest BCUT2D eigenvalue weighted by atomic mass is 16.3. The molecule has 3 fully saturated rings. The van der Waals surface area contributed by atoms with Crippen LogP contribution in [0.5, 0.6) is 0 Å². The van der Waals surface area contributed by atoms with E-state index in [1.54, 1.807) is 0 Å². The second-order valence-corrected chi connectivity index (χ2v) is 5.65. The molecule has 2 N–H and O–H groups in total. The van der Waals surface area contributed by atoms with Crippen molar-refractivity contribution in [3.05, 3.63) is 0 Å². The summed E-state index contributed by atoms with van der Waals surface area (Å²) in [6.45, 7) is 0. The first-order chi connectivity index (χ1) is 6.71. The Kier molecular flexibility index (Phi) is 1.94. The molecule has 0 saturated heterocycles. The molecule has 0 heterocycles. The normalized spacial score (nSPS) is 57.0. The molecule has 0 aliphatic heterocycles. The standard InChI is InChI=1S/C12H20O2/c13-10-5-1-4-9-8-3-2-6-12(14,7-8)11(9)10/h8-11,13-14H,1-7H2/t8-,9+,10+,11-,12-/m1/s1. The third-order valence-electron chi connectivity index (χ3n) is 4.94. The first-order valence-corrected chi connectivity index (χ1v) is 6.11. The average molecular weight is 196 g/mol. The first-order valence-electron chi connectivity index (χ1n) is 6.11. The number of aliphatic hydroxyl groups excluding tert-OH is 1. The lowest BCUT2D eigenvalue weighted by atomic mass is 9.73. The highest BCUT2D eigenvalue weighted by molar-refractivity contribution is 5.07. The maximum absolute atomic E-state index is 10.5. The van der Waals surface area contributed by atoms with Crippen LogP contribution in [-0.4, -0.2) is 21.9 Å². The fourth-order valence-electron chi connectivity index (χ4n) is 4.49. The SMILES string of the molecule is O[C@H]1CCC[C@H]2[C@@H]3CCC[C@@](O)(C3)[C@H]21. The van der Waals surface area contributed by atoms with Crippen LogP contribution in [0.1, 0.15) is 44.9 Å². The van der Waals surface area contributed by atoms with Gasteiger partial charge in [-0.3, -0.25) is 0 Å². The Hall–Kier alpha value is -0.0800. The molecule has 3 aliphatic carbocycles. The van der Waals surface area contributed by atoms with E-state index in [1.807, 2.05) is 0 Å². The summed E-state index contributed by atoms with van der Waals surface area (Å²) in [5.74, 6) is 1.56. The van der Waals surface area contributed by atoms with Crippen molar-refractivity contribution in [2.24, 2.45) is 17.8 Å². The molecule has 0 unspecified atom stereocenters. The molecular weight excluding hydrogens is 176 g/mol. The van der Waals surface area contributed by atoms with E-state index in [0.29, 0.717) is 11.8 Å². The summed E-state index contributed by atoms with van der Waals surface area (Å²) in [5, 5.41) is 20.6. The number of aliphatic hydroxyl groups is 2. The topological polar surface area (TPSA) is 40.5 Å². The van der Waals surface area contributed by atoms with Crippen LogP contribution in [0.25, 0.3) is 0 Å². The maximum atomic E-state index is 10.5. The highest BCUT2D eigenvalue weighted by Crippen LogP contribution is 2.57. The molecule has 0 aromatic carbocycles. The van der Waals surface area contributed by atoms with Crippen LogP contribution in [0.3, 0.4) is 0 Å². The van der Waals surface area contributed by atoms with E-state index in [0.717, 1.165) is 25.7 Å². The van der Waals surface area contributed by atoms with Crippen LogP contribution >= 0.6 is 0 Å². The van der Waals surface area contributed by atoms with Crippen molar-refractivity contribution in [2.45, 2.75) is 56.7 Å². The number of hydrogen-bond donors (Lipinski definition) is 2. The number of rotatable bonds is 0. The zero-order chi connectivity index (χ0) is 9.76. The molecule has 14 heavy (non-hydrogen) atoms. The van der Waals surface area contributed by atoms with Crippen molar-refractivity contribution in [3.8, 4) is 0 Å². The van der Waals surface area contributed by atoms with Crippen molar-refractivity contribution < 1.29 is 10.2 Å². The van der Waals surface area contributed by atoms with E-state index in [4.69, 9.17) is 0 Å². The summed E-state index contributed by atoms with van der Waals surface area (Å²) in [5.41, 5.74) is -0.493. The first kappa shape index (κ1) is 9.17. The fraction of sp³-hybridized carbons (Fsp3) is 1.00. The van der Waals surface area contributed by atoms with Crippen LogP contribution < -0.4 is 0 Å². The molecule has 0 spiro atoms. The average Bonchev–Trinajstić information content (AvgIpc) is 2.36. The Morgan fingerprint density at radius 2 is 1.93 bits per heavy atom. The van der Waals surface area contributed by atoms with E-state index in [9.17, 15) is 10.2 Å². The molecule has 0 aromatic heterocycles. The van der Waals surface area contributed by atoms with Gasteiger partial charge in [-0.05, 0) is 43.9 Å².